The lowest BCUT2D eigenvalue weighted by Crippen LogP contribution is -2.37. The van der Waals surface area contributed by atoms with Gasteiger partial charge in [-0.25, -0.2) is 4.98 Å². The Morgan fingerprint density at radius 2 is 2.04 bits per heavy atom. The van der Waals surface area contributed by atoms with Crippen LogP contribution in [0.15, 0.2) is 47.6 Å². The van der Waals surface area contributed by atoms with Crippen molar-refractivity contribution < 1.29 is 4.74 Å². The van der Waals surface area contributed by atoms with Gasteiger partial charge in [0.1, 0.15) is 10.9 Å². The summed E-state index contributed by atoms with van der Waals surface area (Å²) < 4.78 is 5.75. The molecule has 0 unspecified atom stereocenters. The van der Waals surface area contributed by atoms with Crippen molar-refractivity contribution in [2.75, 3.05) is 20.2 Å². The van der Waals surface area contributed by atoms with Crippen molar-refractivity contribution in [2.45, 2.75) is 32.7 Å². The van der Waals surface area contributed by atoms with Gasteiger partial charge in [0.05, 0.1) is 6.61 Å². The highest BCUT2D eigenvalue weighted by atomic mass is 127. The Bertz CT molecular complexity index is 695. The van der Waals surface area contributed by atoms with Gasteiger partial charge in [-0.05, 0) is 42.2 Å². The van der Waals surface area contributed by atoms with E-state index in [2.05, 4.69) is 39.7 Å². The molecule has 5 nitrogen and oxygen atoms in total. The molecule has 0 amide bonds. The van der Waals surface area contributed by atoms with E-state index >= 15 is 0 Å². The van der Waals surface area contributed by atoms with E-state index in [1.54, 1.807) is 19.3 Å². The predicted octanol–water partition coefficient (Wildman–Crippen LogP) is 4.44. The third-order valence-electron chi connectivity index (χ3n) is 3.84. The Hall–Kier alpha value is -1.54. The van der Waals surface area contributed by atoms with Gasteiger partial charge in [0.25, 0.3) is 0 Å². The van der Waals surface area contributed by atoms with Crippen LogP contribution in [0.4, 0.5) is 0 Å². The Kier molecular flexibility index (Phi) is 11.8. The molecule has 0 saturated heterocycles. The second kappa shape index (κ2) is 13.6. The van der Waals surface area contributed by atoms with E-state index in [1.165, 1.54) is 0 Å². The molecule has 2 N–H and O–H groups in total. The summed E-state index contributed by atoms with van der Waals surface area (Å²) in [6.07, 6.45) is 4.85. The number of rotatable bonds is 9. The van der Waals surface area contributed by atoms with Crippen molar-refractivity contribution in [1.82, 2.24) is 15.6 Å². The van der Waals surface area contributed by atoms with Crippen LogP contribution in [0.25, 0.3) is 0 Å². The molecule has 1 aromatic heterocycles. The van der Waals surface area contributed by atoms with Crippen LogP contribution in [0.5, 0.6) is 5.75 Å². The van der Waals surface area contributed by atoms with Gasteiger partial charge in [0.15, 0.2) is 5.96 Å². The first-order valence-electron chi connectivity index (χ1n) is 8.98. The van der Waals surface area contributed by atoms with Gasteiger partial charge in [-0.2, -0.15) is 0 Å². The van der Waals surface area contributed by atoms with Crippen LogP contribution in [-0.2, 0) is 13.0 Å². The highest BCUT2D eigenvalue weighted by Crippen LogP contribution is 2.13. The van der Waals surface area contributed by atoms with Crippen LogP contribution in [0.3, 0.4) is 0 Å². The van der Waals surface area contributed by atoms with E-state index in [0.717, 1.165) is 55.3 Å². The summed E-state index contributed by atoms with van der Waals surface area (Å²) in [5, 5.41) is 7.14. The number of pyridine rings is 1. The molecule has 0 aliphatic heterocycles. The molecule has 2 rings (SSSR count). The minimum atomic E-state index is 0. The number of nitrogens with one attached hydrogen (secondary N) is 2. The molecule has 0 bridgehead atoms. The number of hydrogen-bond acceptors (Lipinski definition) is 3. The highest BCUT2D eigenvalue weighted by Gasteiger charge is 2.01. The van der Waals surface area contributed by atoms with Crippen molar-refractivity contribution in [3.8, 4) is 5.75 Å². The van der Waals surface area contributed by atoms with Crippen LogP contribution in [-0.4, -0.2) is 31.1 Å². The molecular weight excluding hydrogens is 475 g/mol. The maximum absolute atomic E-state index is 5.80. The summed E-state index contributed by atoms with van der Waals surface area (Å²) in [7, 11) is 1.77. The van der Waals surface area contributed by atoms with Gasteiger partial charge in [0, 0.05) is 26.3 Å². The van der Waals surface area contributed by atoms with E-state index in [0.29, 0.717) is 11.7 Å². The van der Waals surface area contributed by atoms with Gasteiger partial charge < -0.3 is 15.4 Å². The third-order valence-corrected chi connectivity index (χ3v) is 4.07. The van der Waals surface area contributed by atoms with Crippen molar-refractivity contribution in [1.29, 1.82) is 0 Å². The monoisotopic (exact) mass is 502 g/mol. The van der Waals surface area contributed by atoms with Gasteiger partial charge in [-0.3, -0.25) is 4.99 Å². The van der Waals surface area contributed by atoms with Gasteiger partial charge in [0.2, 0.25) is 0 Å². The number of benzene rings is 1. The van der Waals surface area contributed by atoms with Crippen LogP contribution in [0.1, 0.15) is 30.9 Å². The van der Waals surface area contributed by atoms with Gasteiger partial charge >= 0.3 is 0 Å². The quantitative estimate of drug-likeness (QED) is 0.175. The second-order valence-electron chi connectivity index (χ2n) is 5.94. The standard InChI is InChI=1S/C20H27ClN4O.HI/c1-3-4-12-26-18-7-5-6-17(13-18)15-25-20(22-2)23-11-10-16-8-9-19(21)24-14-16;/h5-9,13-14H,3-4,10-12,15H2,1-2H3,(H2,22,23,25);1H. The normalized spacial score (nSPS) is 10.9. The van der Waals surface area contributed by atoms with Crippen molar-refractivity contribution in [3.05, 3.63) is 58.9 Å². The molecule has 0 fully saturated rings. The average Bonchev–Trinajstić information content (AvgIpc) is 2.66. The van der Waals surface area contributed by atoms with E-state index < -0.39 is 0 Å². The summed E-state index contributed by atoms with van der Waals surface area (Å²) in [5.41, 5.74) is 2.29. The lowest BCUT2D eigenvalue weighted by Gasteiger charge is -2.13. The number of unbranched alkanes of at least 4 members (excludes halogenated alkanes) is 1. The zero-order chi connectivity index (χ0) is 18.6. The van der Waals surface area contributed by atoms with Gasteiger partial charge in [-0.15, -0.1) is 24.0 Å². The maximum Gasteiger partial charge on any atom is 0.191 e. The fraction of sp³-hybridized carbons (Fsp3) is 0.400. The number of aliphatic imine (C=N–C) groups is 1. The lowest BCUT2D eigenvalue weighted by atomic mass is 10.2. The fourth-order valence-corrected chi connectivity index (χ4v) is 2.48. The Balaban J connectivity index is 0.00000364. The Morgan fingerprint density at radius 3 is 2.74 bits per heavy atom. The minimum Gasteiger partial charge on any atom is -0.494 e. The minimum absolute atomic E-state index is 0. The maximum atomic E-state index is 5.80. The zero-order valence-electron chi connectivity index (χ0n) is 15.9. The summed E-state index contributed by atoms with van der Waals surface area (Å²) in [6, 6.07) is 11.9. The van der Waals surface area contributed by atoms with E-state index in [9.17, 15) is 0 Å². The van der Waals surface area contributed by atoms with Crippen LogP contribution < -0.4 is 15.4 Å². The number of halogens is 2. The van der Waals surface area contributed by atoms with Crippen LogP contribution in [0.2, 0.25) is 5.15 Å². The molecule has 148 valence electrons. The van der Waals surface area contributed by atoms with E-state index in [1.807, 2.05) is 18.2 Å². The zero-order valence-corrected chi connectivity index (χ0v) is 19.0. The molecule has 27 heavy (non-hydrogen) atoms. The van der Waals surface area contributed by atoms with Crippen molar-refractivity contribution >= 4 is 41.5 Å². The van der Waals surface area contributed by atoms with Crippen molar-refractivity contribution in [2.24, 2.45) is 4.99 Å². The molecule has 0 atom stereocenters. The SMILES string of the molecule is CCCCOc1cccc(CNC(=NC)NCCc2ccc(Cl)nc2)c1.I. The summed E-state index contributed by atoms with van der Waals surface area (Å²) in [5.74, 6) is 1.68. The van der Waals surface area contributed by atoms with E-state index in [-0.39, 0.29) is 24.0 Å². The first-order valence-corrected chi connectivity index (χ1v) is 9.35. The highest BCUT2D eigenvalue weighted by molar-refractivity contribution is 14.0. The molecule has 0 aliphatic rings. The summed E-state index contributed by atoms with van der Waals surface area (Å²) in [4.78, 5) is 8.35. The first-order chi connectivity index (χ1) is 12.7. The molecule has 0 saturated carbocycles. The molecule has 0 aliphatic carbocycles. The topological polar surface area (TPSA) is 58.5 Å². The molecule has 0 radical (unpaired) electrons. The van der Waals surface area contributed by atoms with Crippen molar-refractivity contribution in [3.63, 3.8) is 0 Å². The average molecular weight is 503 g/mol. The molecule has 7 heteroatoms. The number of nitrogens with zero attached hydrogens (tertiary/aromatic N) is 2. The largest absolute Gasteiger partial charge is 0.494 e. The predicted molar refractivity (Wildman–Crippen MR) is 123 cm³/mol. The fourth-order valence-electron chi connectivity index (χ4n) is 2.37. The molecular formula is C20H28ClIN4O. The number of guanidine groups is 1. The molecule has 2 aromatic rings. The summed E-state index contributed by atoms with van der Waals surface area (Å²) in [6.45, 7) is 4.37. The Labute approximate surface area is 184 Å². The molecule has 1 aromatic carbocycles. The number of hydrogen-bond donors (Lipinski definition) is 2. The summed E-state index contributed by atoms with van der Waals surface area (Å²) >= 11 is 5.80. The second-order valence-corrected chi connectivity index (χ2v) is 6.33. The number of ether oxygens (including phenoxy) is 1. The third kappa shape index (κ3) is 9.28. The van der Waals surface area contributed by atoms with Crippen LogP contribution in [0, 0.1) is 0 Å². The molecule has 1 heterocycles. The first kappa shape index (κ1) is 23.5. The van der Waals surface area contributed by atoms with Crippen LogP contribution >= 0.6 is 35.6 Å². The molecule has 0 spiro atoms. The number of aromatic nitrogens is 1. The van der Waals surface area contributed by atoms with Gasteiger partial charge in [-0.1, -0.05) is 43.1 Å². The smallest absolute Gasteiger partial charge is 0.191 e. The van der Waals surface area contributed by atoms with E-state index in [4.69, 9.17) is 16.3 Å². The lowest BCUT2D eigenvalue weighted by molar-refractivity contribution is 0.309. The Morgan fingerprint density at radius 1 is 1.19 bits per heavy atom.